The fourth-order valence-electron chi connectivity index (χ4n) is 2.50. The number of hydrogen-bond acceptors (Lipinski definition) is 4. The van der Waals surface area contributed by atoms with Crippen molar-refractivity contribution >= 4 is 23.2 Å². The van der Waals surface area contributed by atoms with Crippen molar-refractivity contribution in [3.8, 4) is 11.4 Å². The SMILES string of the molecule is COc1ccccc1-n1nnc(C(=O)Nc2cccc(Cl)c2C)c1C. The van der Waals surface area contributed by atoms with E-state index in [0.29, 0.717) is 27.8 Å². The predicted molar refractivity (Wildman–Crippen MR) is 96.8 cm³/mol. The molecule has 1 aromatic heterocycles. The van der Waals surface area contributed by atoms with E-state index in [1.807, 2.05) is 31.2 Å². The third kappa shape index (κ3) is 3.21. The van der Waals surface area contributed by atoms with E-state index in [9.17, 15) is 4.79 Å². The minimum atomic E-state index is -0.344. The second kappa shape index (κ2) is 6.94. The molecule has 7 heteroatoms. The van der Waals surface area contributed by atoms with Crippen LogP contribution in [-0.2, 0) is 0 Å². The zero-order chi connectivity index (χ0) is 18.0. The van der Waals surface area contributed by atoms with Gasteiger partial charge in [0, 0.05) is 10.7 Å². The van der Waals surface area contributed by atoms with Crippen molar-refractivity contribution in [1.82, 2.24) is 15.0 Å². The summed E-state index contributed by atoms with van der Waals surface area (Å²) in [5.74, 6) is 0.303. The second-order valence-corrected chi connectivity index (χ2v) is 5.88. The van der Waals surface area contributed by atoms with E-state index in [4.69, 9.17) is 16.3 Å². The lowest BCUT2D eigenvalue weighted by atomic mass is 10.2. The van der Waals surface area contributed by atoms with Crippen LogP contribution in [0.4, 0.5) is 5.69 Å². The van der Waals surface area contributed by atoms with E-state index < -0.39 is 0 Å². The summed E-state index contributed by atoms with van der Waals surface area (Å²) in [5, 5.41) is 11.5. The molecule has 0 radical (unpaired) electrons. The monoisotopic (exact) mass is 356 g/mol. The van der Waals surface area contributed by atoms with Gasteiger partial charge in [-0.25, -0.2) is 4.68 Å². The molecule has 3 rings (SSSR count). The van der Waals surface area contributed by atoms with Gasteiger partial charge in [-0.1, -0.05) is 35.0 Å². The Labute approximate surface area is 150 Å². The average molecular weight is 357 g/mol. The van der Waals surface area contributed by atoms with Gasteiger partial charge in [0.05, 0.1) is 12.8 Å². The number of hydrogen-bond donors (Lipinski definition) is 1. The molecule has 2 aromatic carbocycles. The number of nitrogens with one attached hydrogen (secondary N) is 1. The first-order chi connectivity index (χ1) is 12.0. The van der Waals surface area contributed by atoms with Crippen LogP contribution in [-0.4, -0.2) is 28.0 Å². The molecule has 6 nitrogen and oxygen atoms in total. The number of rotatable bonds is 4. The molecular weight excluding hydrogens is 340 g/mol. The van der Waals surface area contributed by atoms with Gasteiger partial charge >= 0.3 is 0 Å². The Morgan fingerprint density at radius 3 is 2.68 bits per heavy atom. The van der Waals surface area contributed by atoms with Gasteiger partial charge in [0.1, 0.15) is 11.4 Å². The van der Waals surface area contributed by atoms with Crippen molar-refractivity contribution in [2.45, 2.75) is 13.8 Å². The highest BCUT2D eigenvalue weighted by atomic mass is 35.5. The minimum Gasteiger partial charge on any atom is -0.494 e. The fourth-order valence-corrected chi connectivity index (χ4v) is 2.67. The first kappa shape index (κ1) is 17.0. The van der Waals surface area contributed by atoms with Crippen molar-refractivity contribution in [1.29, 1.82) is 0 Å². The zero-order valence-electron chi connectivity index (χ0n) is 14.1. The van der Waals surface area contributed by atoms with E-state index >= 15 is 0 Å². The van der Waals surface area contributed by atoms with Gasteiger partial charge in [-0.05, 0) is 43.7 Å². The summed E-state index contributed by atoms with van der Waals surface area (Å²) in [6, 6.07) is 12.8. The molecule has 0 bridgehead atoms. The lowest BCUT2D eigenvalue weighted by molar-refractivity contribution is 0.102. The Hall–Kier alpha value is -2.86. The quantitative estimate of drug-likeness (QED) is 0.772. The van der Waals surface area contributed by atoms with Crippen molar-refractivity contribution in [2.75, 3.05) is 12.4 Å². The number of carbonyl (C=O) groups excluding carboxylic acids is 1. The number of anilines is 1. The van der Waals surface area contributed by atoms with Crippen LogP contribution in [0.2, 0.25) is 5.02 Å². The summed E-state index contributed by atoms with van der Waals surface area (Å²) >= 11 is 6.09. The zero-order valence-corrected chi connectivity index (χ0v) is 14.8. The Morgan fingerprint density at radius 2 is 1.92 bits per heavy atom. The van der Waals surface area contributed by atoms with E-state index in [-0.39, 0.29) is 11.6 Å². The largest absolute Gasteiger partial charge is 0.494 e. The molecule has 0 aliphatic carbocycles. The molecular formula is C18H17ClN4O2. The van der Waals surface area contributed by atoms with E-state index in [0.717, 1.165) is 5.56 Å². The maximum Gasteiger partial charge on any atom is 0.278 e. The van der Waals surface area contributed by atoms with Gasteiger partial charge < -0.3 is 10.1 Å². The first-order valence-corrected chi connectivity index (χ1v) is 8.03. The number of benzene rings is 2. The molecule has 0 spiro atoms. The summed E-state index contributed by atoms with van der Waals surface area (Å²) in [6.07, 6.45) is 0. The van der Waals surface area contributed by atoms with Crippen molar-refractivity contribution in [2.24, 2.45) is 0 Å². The van der Waals surface area contributed by atoms with Gasteiger partial charge in [0.25, 0.3) is 5.91 Å². The Kier molecular flexibility index (Phi) is 4.72. The van der Waals surface area contributed by atoms with E-state index in [1.54, 1.807) is 36.9 Å². The highest BCUT2D eigenvalue weighted by Gasteiger charge is 2.19. The van der Waals surface area contributed by atoms with Gasteiger partial charge in [-0.15, -0.1) is 5.10 Å². The third-order valence-corrected chi connectivity index (χ3v) is 4.35. The summed E-state index contributed by atoms with van der Waals surface area (Å²) in [5.41, 5.74) is 3.01. The highest BCUT2D eigenvalue weighted by Crippen LogP contribution is 2.25. The number of amides is 1. The smallest absolute Gasteiger partial charge is 0.278 e. The molecule has 25 heavy (non-hydrogen) atoms. The van der Waals surface area contributed by atoms with Gasteiger partial charge in [-0.2, -0.15) is 0 Å². The fraction of sp³-hybridized carbons (Fsp3) is 0.167. The van der Waals surface area contributed by atoms with Crippen LogP contribution in [0.25, 0.3) is 5.69 Å². The summed E-state index contributed by atoms with van der Waals surface area (Å²) in [4.78, 5) is 12.6. The molecule has 0 fully saturated rings. The van der Waals surface area contributed by atoms with Crippen LogP contribution in [0.15, 0.2) is 42.5 Å². The number of para-hydroxylation sites is 2. The molecule has 1 N–H and O–H groups in total. The van der Waals surface area contributed by atoms with Crippen LogP contribution in [0.1, 0.15) is 21.7 Å². The maximum atomic E-state index is 12.6. The molecule has 0 saturated heterocycles. The van der Waals surface area contributed by atoms with Gasteiger partial charge in [0.15, 0.2) is 5.69 Å². The van der Waals surface area contributed by atoms with Gasteiger partial charge in [0.2, 0.25) is 0 Å². The van der Waals surface area contributed by atoms with E-state index in [2.05, 4.69) is 15.6 Å². The van der Waals surface area contributed by atoms with E-state index in [1.165, 1.54) is 0 Å². The Bertz CT molecular complexity index is 937. The van der Waals surface area contributed by atoms with Crippen LogP contribution in [0.3, 0.4) is 0 Å². The van der Waals surface area contributed by atoms with Crippen LogP contribution in [0, 0.1) is 13.8 Å². The standard InChI is InChI=1S/C18H17ClN4O2/c1-11-13(19)7-6-8-14(11)20-18(24)17-12(2)23(22-21-17)15-9-4-5-10-16(15)25-3/h4-10H,1-3H3,(H,20,24). The summed E-state index contributed by atoms with van der Waals surface area (Å²) in [7, 11) is 1.58. The normalized spacial score (nSPS) is 10.6. The number of methoxy groups -OCH3 is 1. The summed E-state index contributed by atoms with van der Waals surface area (Å²) in [6.45, 7) is 3.63. The molecule has 0 atom stereocenters. The average Bonchev–Trinajstić information content (AvgIpc) is 3.00. The minimum absolute atomic E-state index is 0.241. The number of halogens is 1. The molecule has 0 aliphatic rings. The van der Waals surface area contributed by atoms with Gasteiger partial charge in [-0.3, -0.25) is 4.79 Å². The molecule has 0 aliphatic heterocycles. The number of nitrogens with zero attached hydrogens (tertiary/aromatic N) is 3. The number of carbonyl (C=O) groups is 1. The Morgan fingerprint density at radius 1 is 1.16 bits per heavy atom. The van der Waals surface area contributed by atoms with Crippen LogP contribution in [0.5, 0.6) is 5.75 Å². The van der Waals surface area contributed by atoms with Crippen molar-refractivity contribution in [3.05, 3.63) is 64.4 Å². The van der Waals surface area contributed by atoms with Crippen LogP contribution < -0.4 is 10.1 Å². The first-order valence-electron chi connectivity index (χ1n) is 7.65. The molecule has 0 saturated carbocycles. The topological polar surface area (TPSA) is 69.0 Å². The molecule has 3 aromatic rings. The third-order valence-electron chi connectivity index (χ3n) is 3.94. The second-order valence-electron chi connectivity index (χ2n) is 5.47. The molecule has 1 amide bonds. The predicted octanol–water partition coefficient (Wildman–Crippen LogP) is 3.80. The van der Waals surface area contributed by atoms with Crippen LogP contribution >= 0.6 is 11.6 Å². The Balaban J connectivity index is 1.93. The number of ether oxygens (including phenoxy) is 1. The molecule has 0 unspecified atom stereocenters. The van der Waals surface area contributed by atoms with Crippen molar-refractivity contribution < 1.29 is 9.53 Å². The molecule has 128 valence electrons. The van der Waals surface area contributed by atoms with Crippen molar-refractivity contribution in [3.63, 3.8) is 0 Å². The maximum absolute atomic E-state index is 12.6. The summed E-state index contributed by atoms with van der Waals surface area (Å²) < 4.78 is 6.93. The number of aromatic nitrogens is 3. The highest BCUT2D eigenvalue weighted by molar-refractivity contribution is 6.31. The lowest BCUT2D eigenvalue weighted by Gasteiger charge is -2.10. The lowest BCUT2D eigenvalue weighted by Crippen LogP contribution is -2.15. The molecule has 1 heterocycles.